The first-order chi connectivity index (χ1) is 23.3. The Balaban J connectivity index is 1.09. The maximum absolute atomic E-state index is 13.3. The van der Waals surface area contributed by atoms with Crippen molar-refractivity contribution >= 4 is 25.0 Å². The maximum atomic E-state index is 13.3. The van der Waals surface area contributed by atoms with E-state index >= 15 is 0 Å². The number of amides is 1. The molecule has 2 fully saturated rings. The predicted octanol–water partition coefficient (Wildman–Crippen LogP) is 4.14. The summed E-state index contributed by atoms with van der Waals surface area (Å²) < 4.78 is 49.6. The average Bonchev–Trinajstić information content (AvgIpc) is 3.71. The van der Waals surface area contributed by atoms with Gasteiger partial charge in [0, 0.05) is 62.2 Å². The van der Waals surface area contributed by atoms with Crippen LogP contribution in [0.2, 0.25) is 25.7 Å². The van der Waals surface area contributed by atoms with Crippen molar-refractivity contribution in [2.75, 3.05) is 32.8 Å². The third-order valence-corrected chi connectivity index (χ3v) is 10.9. The van der Waals surface area contributed by atoms with Gasteiger partial charge in [-0.05, 0) is 25.0 Å². The summed E-state index contributed by atoms with van der Waals surface area (Å²) in [7, 11) is -1.19. The molecule has 4 aromatic rings. The van der Waals surface area contributed by atoms with Crippen molar-refractivity contribution in [2.24, 2.45) is 0 Å². The Morgan fingerprint density at radius 2 is 1.94 bits per heavy atom. The van der Waals surface area contributed by atoms with Gasteiger partial charge in [0.25, 0.3) is 5.91 Å². The summed E-state index contributed by atoms with van der Waals surface area (Å²) in [5.74, 6) is -2.08. The van der Waals surface area contributed by atoms with E-state index in [1.165, 1.54) is 11.2 Å². The molecule has 0 bridgehead atoms. The summed E-state index contributed by atoms with van der Waals surface area (Å²) in [6, 6.07) is 6.60. The van der Waals surface area contributed by atoms with Crippen molar-refractivity contribution in [2.45, 2.75) is 76.0 Å². The number of nitrogens with zero attached hydrogens (tertiary/aromatic N) is 10. The van der Waals surface area contributed by atoms with E-state index < -0.39 is 38.1 Å². The van der Waals surface area contributed by atoms with Crippen LogP contribution in [0.3, 0.4) is 0 Å². The van der Waals surface area contributed by atoms with Crippen LogP contribution in [0, 0.1) is 11.3 Å². The number of likely N-dealkylation sites (tertiary alicyclic amines) is 2. The summed E-state index contributed by atoms with van der Waals surface area (Å²) in [6.45, 7) is 9.17. The Labute approximate surface area is 282 Å². The molecule has 13 nitrogen and oxygen atoms in total. The number of hydrogen-bond donors (Lipinski definition) is 1. The van der Waals surface area contributed by atoms with Gasteiger partial charge in [-0.3, -0.25) is 14.4 Å². The van der Waals surface area contributed by atoms with Crippen molar-refractivity contribution in [1.82, 2.24) is 44.1 Å². The van der Waals surface area contributed by atoms with Crippen LogP contribution in [-0.2, 0) is 29.8 Å². The van der Waals surface area contributed by atoms with Crippen LogP contribution >= 0.6 is 0 Å². The Morgan fingerprint density at radius 1 is 1.18 bits per heavy atom. The standard InChI is InChI=1S/C32H39F3N10O3Si/c1-49(2,3)13-12-48-21-43-11-6-25-27(37-20-38-28(25)43)22-15-39-45(16-22)31(7-8-36)18-44(19-31)24-4-9-42(10-5-24)29(47)26-14-23(17-46)40-30(41-26)32(33,34)35/h6,11,14-16,20,24,46H,4-5,7,9-10,12-13,17-19,21H2,1-3H3/q-1. The van der Waals surface area contributed by atoms with E-state index in [4.69, 9.17) is 4.74 Å². The first kappa shape index (κ1) is 34.6. The number of hydrogen-bond acceptors (Lipinski definition) is 10. The molecule has 6 rings (SSSR count). The third kappa shape index (κ3) is 7.37. The monoisotopic (exact) mass is 696 g/mol. The van der Waals surface area contributed by atoms with Crippen LogP contribution in [0.4, 0.5) is 13.2 Å². The van der Waals surface area contributed by atoms with Gasteiger partial charge in [0.05, 0.1) is 36.7 Å². The molecule has 261 valence electrons. The molecule has 0 aliphatic carbocycles. The second kappa shape index (κ2) is 13.6. The molecule has 2 aliphatic rings. The van der Waals surface area contributed by atoms with Gasteiger partial charge < -0.3 is 19.3 Å². The number of fused-ring (bicyclic) bond motifs is 1. The van der Waals surface area contributed by atoms with Crippen molar-refractivity contribution < 1.29 is 27.8 Å². The molecule has 17 heteroatoms. The molecule has 2 aliphatic heterocycles. The molecule has 0 radical (unpaired) electrons. The first-order valence-electron chi connectivity index (χ1n) is 16.2. The van der Waals surface area contributed by atoms with E-state index in [0.29, 0.717) is 52.4 Å². The second-order valence-corrected chi connectivity index (χ2v) is 19.6. The van der Waals surface area contributed by atoms with Crippen molar-refractivity contribution in [3.63, 3.8) is 0 Å². The van der Waals surface area contributed by atoms with Crippen LogP contribution in [0.5, 0.6) is 0 Å². The van der Waals surface area contributed by atoms with E-state index in [2.05, 4.69) is 55.6 Å². The smallest absolute Gasteiger partial charge is 0.390 e. The number of carbonyl (C=O) groups is 1. The molecule has 0 aromatic carbocycles. The Morgan fingerprint density at radius 3 is 2.61 bits per heavy atom. The first-order valence-corrected chi connectivity index (χ1v) is 19.9. The van der Waals surface area contributed by atoms with Crippen molar-refractivity contribution in [3.05, 3.63) is 54.3 Å². The molecule has 0 atom stereocenters. The van der Waals surface area contributed by atoms with Crippen LogP contribution in [0.25, 0.3) is 22.3 Å². The predicted molar refractivity (Wildman–Crippen MR) is 175 cm³/mol. The number of carbonyl (C=O) groups excluding carboxylic acids is 1. The molecule has 1 N–H and O–H groups in total. The molecule has 0 unspecified atom stereocenters. The zero-order valence-corrected chi connectivity index (χ0v) is 28.7. The molecule has 49 heavy (non-hydrogen) atoms. The topological polar surface area (TPSA) is 151 Å². The largest absolute Gasteiger partial charge is 0.451 e. The lowest BCUT2D eigenvalue weighted by molar-refractivity contribution is -0.145. The number of aliphatic hydroxyl groups excluding tert-OH is 1. The zero-order valence-electron chi connectivity index (χ0n) is 27.7. The van der Waals surface area contributed by atoms with Crippen LogP contribution in [0.15, 0.2) is 37.1 Å². The summed E-state index contributed by atoms with van der Waals surface area (Å²) in [5, 5.41) is 24.7. The lowest BCUT2D eigenvalue weighted by atomic mass is 9.83. The van der Waals surface area contributed by atoms with E-state index in [-0.39, 0.29) is 23.9 Å². The Kier molecular flexibility index (Phi) is 9.59. The summed E-state index contributed by atoms with van der Waals surface area (Å²) >= 11 is 0. The highest BCUT2D eigenvalue weighted by Crippen LogP contribution is 2.37. The van der Waals surface area contributed by atoms with Crippen LogP contribution in [-0.4, -0.2) is 102 Å². The quantitative estimate of drug-likeness (QED) is 0.179. The number of rotatable bonds is 11. The van der Waals surface area contributed by atoms with Crippen molar-refractivity contribution in [3.8, 4) is 17.3 Å². The second-order valence-electron chi connectivity index (χ2n) is 14.0. The number of ether oxygens (including phenoxy) is 1. The fourth-order valence-corrected chi connectivity index (χ4v) is 7.20. The Hall–Kier alpha value is -4.24. The van der Waals surface area contributed by atoms with Gasteiger partial charge in [0.2, 0.25) is 5.82 Å². The number of nitriles is 1. The maximum Gasteiger partial charge on any atom is 0.451 e. The lowest BCUT2D eigenvalue weighted by Crippen LogP contribution is -2.66. The highest BCUT2D eigenvalue weighted by atomic mass is 28.3. The van der Waals surface area contributed by atoms with Gasteiger partial charge in [0.15, 0.2) is 0 Å². The number of halogens is 3. The molecule has 0 spiro atoms. The highest BCUT2D eigenvalue weighted by Gasteiger charge is 2.48. The molecular formula is C32H39F3N10O3Si-. The summed E-state index contributed by atoms with van der Waals surface area (Å²) in [5.41, 5.74) is 1.14. The van der Waals surface area contributed by atoms with Gasteiger partial charge in [0.1, 0.15) is 29.9 Å². The summed E-state index contributed by atoms with van der Waals surface area (Å²) in [6.07, 6.45) is 3.81. The molecular weight excluding hydrogens is 657 g/mol. The average molecular weight is 697 g/mol. The normalized spacial score (nSPS) is 17.3. The van der Waals surface area contributed by atoms with Gasteiger partial charge in [-0.25, -0.2) is 19.9 Å². The fraction of sp³-hybridized carbons (Fsp3) is 0.531. The van der Waals surface area contributed by atoms with Gasteiger partial charge in [-0.15, -0.1) is 14.1 Å². The molecule has 6 heterocycles. The number of piperidine rings is 1. The SMILES string of the molecule is C[Si-](C)(C)CCOCn1ccc2c(-c3cnn(C4(CC#N)CN(C5CCN(C(=O)c6cc(CO)nc(C(F)(F)F)n6)CC5)C4)c3)ncnc21. The van der Waals surface area contributed by atoms with Crippen LogP contribution in [0.1, 0.15) is 41.3 Å². The minimum atomic E-state index is -4.84. The Bertz CT molecular complexity index is 1850. The fourth-order valence-electron chi connectivity index (χ4n) is 6.45. The number of aliphatic hydroxyl groups is 1. The van der Waals surface area contributed by atoms with E-state index in [1.54, 1.807) is 6.20 Å². The van der Waals surface area contributed by atoms with E-state index in [9.17, 15) is 28.3 Å². The van der Waals surface area contributed by atoms with Gasteiger partial charge in [-0.1, -0.05) is 0 Å². The zero-order chi connectivity index (χ0) is 35.0. The molecule has 1 amide bonds. The molecule has 2 saturated heterocycles. The summed E-state index contributed by atoms with van der Waals surface area (Å²) in [4.78, 5) is 32.6. The lowest BCUT2D eigenvalue weighted by Gasteiger charge is -2.53. The molecule has 4 aromatic heterocycles. The van der Waals surface area contributed by atoms with Gasteiger partial charge >= 0.3 is 6.18 Å². The van der Waals surface area contributed by atoms with E-state index in [0.717, 1.165) is 34.4 Å². The third-order valence-electron chi connectivity index (χ3n) is 9.21. The number of aromatic nitrogens is 7. The minimum Gasteiger partial charge on any atom is -0.390 e. The van der Waals surface area contributed by atoms with Gasteiger partial charge in [-0.2, -0.15) is 43.2 Å². The minimum absolute atomic E-state index is 0.129. The van der Waals surface area contributed by atoms with Crippen molar-refractivity contribution in [1.29, 1.82) is 5.26 Å². The van der Waals surface area contributed by atoms with E-state index in [1.807, 2.05) is 27.7 Å². The molecule has 0 saturated carbocycles. The highest BCUT2D eigenvalue weighted by molar-refractivity contribution is 6.76. The van der Waals surface area contributed by atoms with Crippen LogP contribution < -0.4 is 0 Å². The number of alkyl halides is 3.